The van der Waals surface area contributed by atoms with E-state index in [2.05, 4.69) is 10.3 Å². The Hall–Kier alpha value is -1.35. The Balaban J connectivity index is 2.78. The molecule has 0 aliphatic heterocycles. The maximum atomic E-state index is 13.8. The maximum absolute atomic E-state index is 13.8. The summed E-state index contributed by atoms with van der Waals surface area (Å²) in [6, 6.07) is 5.24. The smallest absolute Gasteiger partial charge is 0.168 e. The van der Waals surface area contributed by atoms with Crippen LogP contribution in [-0.2, 0) is 0 Å². The van der Waals surface area contributed by atoms with Crippen LogP contribution in [0.5, 0.6) is 0 Å². The number of hydrogen-bond acceptors (Lipinski definition) is 2. The van der Waals surface area contributed by atoms with Crippen molar-refractivity contribution < 1.29 is 4.39 Å². The van der Waals surface area contributed by atoms with Crippen molar-refractivity contribution in [2.45, 2.75) is 13.8 Å². The predicted molar refractivity (Wildman–Crippen MR) is 65.6 cm³/mol. The van der Waals surface area contributed by atoms with E-state index < -0.39 is 5.82 Å². The third kappa shape index (κ3) is 1.83. The van der Waals surface area contributed by atoms with Crippen molar-refractivity contribution in [1.29, 1.82) is 0 Å². The molecule has 2 nitrogen and oxygen atoms in total. The second-order valence-corrected chi connectivity index (χ2v) is 4.01. The van der Waals surface area contributed by atoms with Gasteiger partial charge in [0.2, 0.25) is 0 Å². The normalized spacial score (nSPS) is 10.8. The molecular weight excluding hydrogens is 227 g/mol. The molecule has 1 heterocycles. The van der Waals surface area contributed by atoms with Gasteiger partial charge in [-0.1, -0.05) is 11.6 Å². The van der Waals surface area contributed by atoms with Gasteiger partial charge >= 0.3 is 0 Å². The van der Waals surface area contributed by atoms with Gasteiger partial charge in [0, 0.05) is 23.3 Å². The highest BCUT2D eigenvalue weighted by molar-refractivity contribution is 6.31. The molecule has 0 aliphatic rings. The van der Waals surface area contributed by atoms with Crippen LogP contribution in [0.15, 0.2) is 18.2 Å². The van der Waals surface area contributed by atoms with E-state index >= 15 is 0 Å². The average molecular weight is 239 g/mol. The Morgan fingerprint density at radius 1 is 1.44 bits per heavy atom. The van der Waals surface area contributed by atoms with E-state index in [9.17, 15) is 4.39 Å². The maximum Gasteiger partial charge on any atom is 0.168 e. The van der Waals surface area contributed by atoms with Gasteiger partial charge < -0.3 is 5.32 Å². The first-order valence-electron chi connectivity index (χ1n) is 5.12. The largest absolute Gasteiger partial charge is 0.385 e. The van der Waals surface area contributed by atoms with Crippen LogP contribution in [0.4, 0.5) is 10.1 Å². The quantitative estimate of drug-likeness (QED) is 0.862. The first-order valence-corrected chi connectivity index (χ1v) is 5.50. The Labute approximate surface area is 98.4 Å². The van der Waals surface area contributed by atoms with Crippen LogP contribution in [0.3, 0.4) is 0 Å². The van der Waals surface area contributed by atoms with Crippen LogP contribution in [0.2, 0.25) is 5.02 Å². The third-order valence-corrected chi connectivity index (χ3v) is 2.66. The van der Waals surface area contributed by atoms with E-state index in [0.717, 1.165) is 23.3 Å². The highest BCUT2D eigenvalue weighted by Crippen LogP contribution is 2.28. The van der Waals surface area contributed by atoms with Gasteiger partial charge in [-0.05, 0) is 32.0 Å². The SMILES string of the molecule is CCNc1cc(C)nc2c(F)c(Cl)ccc12. The molecule has 0 unspecified atom stereocenters. The molecule has 0 aliphatic carbocycles. The molecule has 1 aromatic carbocycles. The molecule has 0 saturated heterocycles. The van der Waals surface area contributed by atoms with E-state index in [0.29, 0.717) is 5.52 Å². The number of nitrogens with one attached hydrogen (secondary N) is 1. The molecule has 16 heavy (non-hydrogen) atoms. The van der Waals surface area contributed by atoms with Crippen LogP contribution in [0, 0.1) is 12.7 Å². The Morgan fingerprint density at radius 3 is 2.88 bits per heavy atom. The first-order chi connectivity index (χ1) is 7.63. The fourth-order valence-electron chi connectivity index (χ4n) is 1.70. The lowest BCUT2D eigenvalue weighted by Crippen LogP contribution is -2.00. The summed E-state index contributed by atoms with van der Waals surface area (Å²) in [5.41, 5.74) is 1.98. The van der Waals surface area contributed by atoms with Gasteiger partial charge in [0.1, 0.15) is 5.52 Å². The number of aromatic nitrogens is 1. The Morgan fingerprint density at radius 2 is 2.19 bits per heavy atom. The predicted octanol–water partition coefficient (Wildman–Crippen LogP) is 3.77. The highest BCUT2D eigenvalue weighted by Gasteiger charge is 2.10. The number of nitrogens with zero attached hydrogens (tertiary/aromatic N) is 1. The van der Waals surface area contributed by atoms with Gasteiger partial charge in [-0.15, -0.1) is 0 Å². The number of benzene rings is 1. The summed E-state index contributed by atoms with van der Waals surface area (Å²) in [5.74, 6) is -0.456. The van der Waals surface area contributed by atoms with E-state index in [-0.39, 0.29) is 5.02 Å². The topological polar surface area (TPSA) is 24.9 Å². The first kappa shape index (κ1) is 11.1. The molecule has 0 saturated carbocycles. The fraction of sp³-hybridized carbons (Fsp3) is 0.250. The van der Waals surface area contributed by atoms with Gasteiger partial charge in [-0.25, -0.2) is 9.37 Å². The second kappa shape index (κ2) is 4.26. The summed E-state index contributed by atoms with van der Waals surface area (Å²) in [7, 11) is 0. The molecular formula is C12H12ClFN2. The number of fused-ring (bicyclic) bond motifs is 1. The van der Waals surface area contributed by atoms with E-state index in [1.54, 1.807) is 12.1 Å². The van der Waals surface area contributed by atoms with E-state index in [4.69, 9.17) is 11.6 Å². The van der Waals surface area contributed by atoms with Gasteiger partial charge in [0.15, 0.2) is 5.82 Å². The van der Waals surface area contributed by atoms with Crippen molar-refractivity contribution in [3.63, 3.8) is 0 Å². The molecule has 4 heteroatoms. The lowest BCUT2D eigenvalue weighted by atomic mass is 10.1. The van der Waals surface area contributed by atoms with Gasteiger partial charge in [0.25, 0.3) is 0 Å². The van der Waals surface area contributed by atoms with Crippen molar-refractivity contribution >= 4 is 28.2 Å². The minimum absolute atomic E-state index is 0.105. The van der Waals surface area contributed by atoms with E-state index in [1.165, 1.54) is 0 Å². The summed E-state index contributed by atoms with van der Waals surface area (Å²) < 4.78 is 13.8. The second-order valence-electron chi connectivity index (χ2n) is 3.60. The molecule has 0 spiro atoms. The molecule has 0 atom stereocenters. The third-order valence-electron chi connectivity index (χ3n) is 2.37. The van der Waals surface area contributed by atoms with Gasteiger partial charge in [-0.3, -0.25) is 0 Å². The average Bonchev–Trinajstić information content (AvgIpc) is 2.24. The van der Waals surface area contributed by atoms with E-state index in [1.807, 2.05) is 19.9 Å². The Bertz CT molecular complexity index is 540. The zero-order chi connectivity index (χ0) is 11.7. The minimum Gasteiger partial charge on any atom is -0.385 e. The number of aryl methyl sites for hydroxylation is 1. The van der Waals surface area contributed by atoms with Crippen molar-refractivity contribution in [1.82, 2.24) is 4.98 Å². The summed E-state index contributed by atoms with van der Waals surface area (Å²) in [6.07, 6.45) is 0. The molecule has 0 amide bonds. The molecule has 0 radical (unpaired) electrons. The molecule has 2 aromatic rings. The molecule has 1 N–H and O–H groups in total. The zero-order valence-corrected chi connectivity index (χ0v) is 9.90. The van der Waals surface area contributed by atoms with Crippen LogP contribution >= 0.6 is 11.6 Å². The molecule has 0 bridgehead atoms. The fourth-order valence-corrected chi connectivity index (χ4v) is 1.85. The summed E-state index contributed by atoms with van der Waals surface area (Å²) >= 11 is 5.73. The number of halogens is 2. The van der Waals surface area contributed by atoms with Crippen LogP contribution < -0.4 is 5.32 Å². The molecule has 84 valence electrons. The molecule has 0 fully saturated rings. The van der Waals surface area contributed by atoms with Gasteiger partial charge in [0.05, 0.1) is 5.02 Å². The molecule has 2 rings (SSSR count). The number of hydrogen-bond donors (Lipinski definition) is 1. The zero-order valence-electron chi connectivity index (χ0n) is 9.14. The Kier molecular flexibility index (Phi) is 2.97. The van der Waals surface area contributed by atoms with Gasteiger partial charge in [-0.2, -0.15) is 0 Å². The summed E-state index contributed by atoms with van der Waals surface area (Å²) in [6.45, 7) is 4.61. The summed E-state index contributed by atoms with van der Waals surface area (Å²) in [4.78, 5) is 4.18. The van der Waals surface area contributed by atoms with Crippen molar-refractivity contribution in [3.8, 4) is 0 Å². The summed E-state index contributed by atoms with van der Waals surface area (Å²) in [5, 5.41) is 4.05. The number of pyridine rings is 1. The number of rotatable bonds is 2. The molecule has 1 aromatic heterocycles. The van der Waals surface area contributed by atoms with Crippen molar-refractivity contribution in [2.24, 2.45) is 0 Å². The highest BCUT2D eigenvalue weighted by atomic mass is 35.5. The van der Waals surface area contributed by atoms with Crippen LogP contribution in [0.25, 0.3) is 10.9 Å². The standard InChI is InChI=1S/C12H12ClFN2/c1-3-15-10-6-7(2)16-12-8(10)4-5-9(13)11(12)14/h4-6H,3H2,1-2H3,(H,15,16). The van der Waals surface area contributed by atoms with Crippen molar-refractivity contribution in [3.05, 3.63) is 34.7 Å². The van der Waals surface area contributed by atoms with Crippen molar-refractivity contribution in [2.75, 3.05) is 11.9 Å². The monoisotopic (exact) mass is 238 g/mol. The number of anilines is 1. The van der Waals surface area contributed by atoms with Crippen LogP contribution in [-0.4, -0.2) is 11.5 Å². The van der Waals surface area contributed by atoms with Crippen LogP contribution in [0.1, 0.15) is 12.6 Å². The minimum atomic E-state index is -0.456. The lowest BCUT2D eigenvalue weighted by Gasteiger charge is -2.09. The lowest BCUT2D eigenvalue weighted by molar-refractivity contribution is 0.637.